The maximum Gasteiger partial charge on any atom is 0.416 e. The first-order chi connectivity index (χ1) is 21.1. The summed E-state index contributed by atoms with van der Waals surface area (Å²) in [5, 5.41) is 1.81. The first-order valence-electron chi connectivity index (χ1n) is 13.9. The zero-order chi connectivity index (χ0) is 33.3. The Hall–Kier alpha value is -4.30. The van der Waals surface area contributed by atoms with Gasteiger partial charge in [0.15, 0.2) is 11.6 Å². The van der Waals surface area contributed by atoms with Gasteiger partial charge in [-0.05, 0) is 56.0 Å². The second kappa shape index (κ2) is 13.0. The summed E-state index contributed by atoms with van der Waals surface area (Å²) in [4.78, 5) is 40.2. The number of nitrogens with one attached hydrogen (secondary N) is 1. The van der Waals surface area contributed by atoms with Crippen molar-refractivity contribution in [2.75, 3.05) is 31.7 Å². The van der Waals surface area contributed by atoms with Gasteiger partial charge in [-0.3, -0.25) is 14.4 Å². The molecule has 1 aromatic heterocycles. The number of halogens is 7. The molecule has 1 amide bonds. The van der Waals surface area contributed by atoms with Crippen LogP contribution in [0.5, 0.6) is 5.75 Å². The second-order valence-corrected chi connectivity index (χ2v) is 10.6. The van der Waals surface area contributed by atoms with E-state index in [0.29, 0.717) is 10.8 Å². The SMILES string of the molecule is CCOC(=O)C1CCN(c2c(F)cc3c(=O)c(C(=O)NCc4ccc(C(F)(F)F)cc4C)cn(CC(F)(F)F)c3c2OC)CC1. The van der Waals surface area contributed by atoms with Crippen LogP contribution in [0, 0.1) is 18.7 Å². The van der Waals surface area contributed by atoms with E-state index < -0.39 is 64.5 Å². The van der Waals surface area contributed by atoms with E-state index in [1.165, 1.54) is 11.8 Å². The Kier molecular flexibility index (Phi) is 9.68. The molecule has 0 aliphatic carbocycles. The van der Waals surface area contributed by atoms with Crippen molar-refractivity contribution in [3.05, 3.63) is 68.8 Å². The number of nitrogens with zero attached hydrogens (tertiary/aromatic N) is 2. The van der Waals surface area contributed by atoms with E-state index >= 15 is 4.39 Å². The van der Waals surface area contributed by atoms with Crippen LogP contribution < -0.4 is 20.4 Å². The van der Waals surface area contributed by atoms with Gasteiger partial charge >= 0.3 is 18.3 Å². The van der Waals surface area contributed by atoms with E-state index in [1.54, 1.807) is 6.92 Å². The Morgan fingerprint density at radius 3 is 2.29 bits per heavy atom. The standard InChI is InChI=1S/C30H30F7N3O5/c1-4-45-28(43)17-7-9-39(10-8-17)24-22(31)12-20-23(26(24)44-3)40(15-29(32,33)34)14-21(25(20)41)27(42)38-13-18-5-6-19(11-16(18)2)30(35,36)37/h5-6,11-12,14,17H,4,7-10,13,15H2,1-3H3,(H,38,42). The molecule has 1 saturated heterocycles. The van der Waals surface area contributed by atoms with E-state index in [2.05, 4.69) is 5.32 Å². The van der Waals surface area contributed by atoms with Gasteiger partial charge in [-0.1, -0.05) is 6.07 Å². The molecule has 244 valence electrons. The highest BCUT2D eigenvalue weighted by atomic mass is 19.4. The van der Waals surface area contributed by atoms with E-state index in [9.17, 15) is 40.7 Å². The summed E-state index contributed by atoms with van der Waals surface area (Å²) in [5.41, 5.74) is -2.84. The third kappa shape index (κ3) is 7.34. The highest BCUT2D eigenvalue weighted by Gasteiger charge is 2.34. The lowest BCUT2D eigenvalue weighted by atomic mass is 9.96. The van der Waals surface area contributed by atoms with Gasteiger partial charge in [0.2, 0.25) is 5.43 Å². The molecule has 0 bridgehead atoms. The second-order valence-electron chi connectivity index (χ2n) is 10.6. The van der Waals surface area contributed by atoms with Crippen molar-refractivity contribution >= 4 is 28.5 Å². The predicted molar refractivity (Wildman–Crippen MR) is 150 cm³/mol. The number of carbonyl (C=O) groups excluding carboxylic acids is 2. The molecule has 0 radical (unpaired) electrons. The molecule has 45 heavy (non-hydrogen) atoms. The van der Waals surface area contributed by atoms with Crippen molar-refractivity contribution in [2.45, 2.75) is 52.1 Å². The largest absolute Gasteiger partial charge is 0.492 e. The van der Waals surface area contributed by atoms with Gasteiger partial charge in [-0.25, -0.2) is 4.39 Å². The van der Waals surface area contributed by atoms with E-state index in [1.807, 2.05) is 0 Å². The number of hydrogen-bond acceptors (Lipinski definition) is 6. The van der Waals surface area contributed by atoms with Gasteiger partial charge < -0.3 is 24.3 Å². The normalized spacial score (nSPS) is 14.5. The molecule has 4 rings (SSSR count). The summed E-state index contributed by atoms with van der Waals surface area (Å²) in [6.45, 7) is 1.54. The molecule has 1 fully saturated rings. The molecular weight excluding hydrogens is 615 g/mol. The van der Waals surface area contributed by atoms with E-state index in [0.717, 1.165) is 31.4 Å². The predicted octanol–water partition coefficient (Wildman–Crippen LogP) is 5.75. The summed E-state index contributed by atoms with van der Waals surface area (Å²) in [5.74, 6) is -3.29. The highest BCUT2D eigenvalue weighted by molar-refractivity contribution is 5.99. The van der Waals surface area contributed by atoms with Crippen molar-refractivity contribution < 1.29 is 49.8 Å². The number of rotatable bonds is 8. The molecule has 0 saturated carbocycles. The number of amides is 1. The Morgan fingerprint density at radius 2 is 1.73 bits per heavy atom. The fourth-order valence-corrected chi connectivity index (χ4v) is 5.40. The maximum atomic E-state index is 15.7. The minimum absolute atomic E-state index is 0.148. The van der Waals surface area contributed by atoms with Crippen molar-refractivity contribution in [1.82, 2.24) is 9.88 Å². The average molecular weight is 646 g/mol. The lowest BCUT2D eigenvalue weighted by Gasteiger charge is -2.34. The summed E-state index contributed by atoms with van der Waals surface area (Å²) >= 11 is 0. The van der Waals surface area contributed by atoms with Crippen LogP contribution in [0.15, 0.2) is 35.3 Å². The third-order valence-corrected chi connectivity index (χ3v) is 7.58. The van der Waals surface area contributed by atoms with E-state index in [-0.39, 0.29) is 67.2 Å². The van der Waals surface area contributed by atoms with Crippen LogP contribution >= 0.6 is 0 Å². The van der Waals surface area contributed by atoms with Crippen LogP contribution in [-0.2, 0) is 28.8 Å². The van der Waals surface area contributed by atoms with Gasteiger partial charge in [-0.15, -0.1) is 0 Å². The van der Waals surface area contributed by atoms with Crippen LogP contribution in [0.4, 0.5) is 36.4 Å². The molecular formula is C30H30F7N3O5. The molecule has 0 unspecified atom stereocenters. The minimum Gasteiger partial charge on any atom is -0.492 e. The Balaban J connectivity index is 1.73. The molecule has 1 N–H and O–H groups in total. The van der Waals surface area contributed by atoms with Gasteiger partial charge in [0, 0.05) is 25.8 Å². The molecule has 1 aliphatic rings. The number of aromatic nitrogens is 1. The molecule has 2 aromatic carbocycles. The van der Waals surface area contributed by atoms with Crippen LogP contribution in [0.1, 0.15) is 46.8 Å². The monoisotopic (exact) mass is 645 g/mol. The number of alkyl halides is 6. The number of benzene rings is 2. The minimum atomic E-state index is -4.83. The summed E-state index contributed by atoms with van der Waals surface area (Å²) in [7, 11) is 1.11. The number of anilines is 1. The van der Waals surface area contributed by atoms with Crippen molar-refractivity contribution in [3.8, 4) is 5.75 Å². The molecule has 8 nitrogen and oxygen atoms in total. The summed E-state index contributed by atoms with van der Waals surface area (Å²) < 4.78 is 107. The molecule has 3 aromatic rings. The molecule has 0 spiro atoms. The van der Waals surface area contributed by atoms with Gasteiger partial charge in [0.1, 0.15) is 17.8 Å². The number of piperidine rings is 1. The molecule has 15 heteroatoms. The Labute approximate surface area is 252 Å². The number of methoxy groups -OCH3 is 1. The molecule has 0 atom stereocenters. The third-order valence-electron chi connectivity index (χ3n) is 7.58. The van der Waals surface area contributed by atoms with Gasteiger partial charge in [0.05, 0.1) is 36.1 Å². The fourth-order valence-electron chi connectivity index (χ4n) is 5.40. The number of carbonyl (C=O) groups is 2. The van der Waals surface area contributed by atoms with E-state index in [4.69, 9.17) is 9.47 Å². The topological polar surface area (TPSA) is 89.9 Å². The smallest absolute Gasteiger partial charge is 0.416 e. The number of esters is 1. The number of aryl methyl sites for hydroxylation is 1. The lowest BCUT2D eigenvalue weighted by molar-refractivity contribution is -0.148. The molecule has 2 heterocycles. The summed E-state index contributed by atoms with van der Waals surface area (Å²) in [6.07, 6.45) is -8.15. The average Bonchev–Trinajstić information content (AvgIpc) is 2.96. The van der Waals surface area contributed by atoms with Crippen LogP contribution in [0.2, 0.25) is 0 Å². The van der Waals surface area contributed by atoms with Crippen molar-refractivity contribution in [1.29, 1.82) is 0 Å². The first kappa shape index (κ1) is 33.6. The van der Waals surface area contributed by atoms with Crippen LogP contribution in [0.3, 0.4) is 0 Å². The fraction of sp³-hybridized carbons (Fsp3) is 0.433. The zero-order valence-electron chi connectivity index (χ0n) is 24.5. The summed E-state index contributed by atoms with van der Waals surface area (Å²) in [6, 6.07) is 3.57. The number of pyridine rings is 1. The van der Waals surface area contributed by atoms with Crippen molar-refractivity contribution in [2.24, 2.45) is 5.92 Å². The van der Waals surface area contributed by atoms with Gasteiger partial charge in [-0.2, -0.15) is 26.3 Å². The Bertz CT molecular complexity index is 1660. The van der Waals surface area contributed by atoms with Crippen LogP contribution in [-0.4, -0.2) is 49.4 Å². The lowest BCUT2D eigenvalue weighted by Crippen LogP contribution is -2.38. The number of fused-ring (bicyclic) bond motifs is 1. The quantitative estimate of drug-likeness (QED) is 0.248. The number of ether oxygens (including phenoxy) is 2. The Morgan fingerprint density at radius 1 is 1.07 bits per heavy atom. The number of hydrogen-bond donors (Lipinski definition) is 1. The zero-order valence-corrected chi connectivity index (χ0v) is 24.5. The molecule has 1 aliphatic heterocycles. The maximum absolute atomic E-state index is 15.7. The van der Waals surface area contributed by atoms with Gasteiger partial charge in [0.25, 0.3) is 5.91 Å². The van der Waals surface area contributed by atoms with Crippen LogP contribution in [0.25, 0.3) is 10.9 Å². The van der Waals surface area contributed by atoms with Crippen molar-refractivity contribution in [3.63, 3.8) is 0 Å². The highest BCUT2D eigenvalue weighted by Crippen LogP contribution is 2.40. The first-order valence-corrected chi connectivity index (χ1v) is 13.9.